The summed E-state index contributed by atoms with van der Waals surface area (Å²) in [6.45, 7) is 4.21. The number of aryl methyl sites for hydroxylation is 2. The molecule has 0 spiro atoms. The van der Waals surface area contributed by atoms with E-state index < -0.39 is 0 Å². The number of hydrogen-bond donors (Lipinski definition) is 0. The Kier molecular flexibility index (Phi) is 4.49. The van der Waals surface area contributed by atoms with Crippen molar-refractivity contribution >= 4 is 11.6 Å². The zero-order valence-corrected chi connectivity index (χ0v) is 12.4. The molecule has 2 aromatic carbocycles. The van der Waals surface area contributed by atoms with Gasteiger partial charge in [0.05, 0.1) is 12.5 Å². The van der Waals surface area contributed by atoms with Crippen molar-refractivity contribution < 1.29 is 4.74 Å². The molecule has 0 bridgehead atoms. The van der Waals surface area contributed by atoms with Gasteiger partial charge in [0.1, 0.15) is 5.75 Å². The van der Waals surface area contributed by atoms with Crippen LogP contribution in [0.15, 0.2) is 42.5 Å². The van der Waals surface area contributed by atoms with E-state index in [9.17, 15) is 0 Å². The first-order valence-corrected chi connectivity index (χ1v) is 6.88. The minimum atomic E-state index is 0.00768. The van der Waals surface area contributed by atoms with Gasteiger partial charge in [-0.1, -0.05) is 35.9 Å². The monoisotopic (exact) mass is 274 g/mol. The third kappa shape index (κ3) is 3.51. The summed E-state index contributed by atoms with van der Waals surface area (Å²) in [7, 11) is 1.68. The van der Waals surface area contributed by atoms with Gasteiger partial charge in [0, 0.05) is 0 Å². The molecular weight excluding hydrogens is 256 g/mol. The van der Waals surface area contributed by atoms with Crippen molar-refractivity contribution in [3.63, 3.8) is 0 Å². The Morgan fingerprint density at radius 3 is 2.37 bits per heavy atom. The molecule has 0 saturated carbocycles. The van der Waals surface area contributed by atoms with Gasteiger partial charge in [0.15, 0.2) is 0 Å². The molecule has 2 heteroatoms. The molecule has 0 aliphatic carbocycles. The maximum Gasteiger partial charge on any atom is 0.118 e. The SMILES string of the molecule is COc1ccc(CC(Cl)c2cc(C)ccc2C)cc1. The normalized spacial score (nSPS) is 12.2. The van der Waals surface area contributed by atoms with Crippen LogP contribution >= 0.6 is 11.6 Å². The maximum atomic E-state index is 6.56. The number of benzene rings is 2. The average molecular weight is 275 g/mol. The van der Waals surface area contributed by atoms with E-state index >= 15 is 0 Å². The zero-order chi connectivity index (χ0) is 13.8. The van der Waals surface area contributed by atoms with Crippen LogP contribution in [0.25, 0.3) is 0 Å². The van der Waals surface area contributed by atoms with Crippen molar-refractivity contribution in [3.05, 3.63) is 64.7 Å². The second-order valence-electron chi connectivity index (χ2n) is 4.88. The van der Waals surface area contributed by atoms with Crippen LogP contribution in [0.3, 0.4) is 0 Å². The quantitative estimate of drug-likeness (QED) is 0.725. The molecule has 0 heterocycles. The highest BCUT2D eigenvalue weighted by Gasteiger charge is 2.11. The van der Waals surface area contributed by atoms with E-state index in [1.807, 2.05) is 12.1 Å². The van der Waals surface area contributed by atoms with Crippen LogP contribution in [0.2, 0.25) is 0 Å². The molecule has 100 valence electrons. The van der Waals surface area contributed by atoms with Gasteiger partial charge in [-0.15, -0.1) is 11.6 Å². The van der Waals surface area contributed by atoms with Crippen LogP contribution in [0.5, 0.6) is 5.75 Å². The molecule has 0 aliphatic rings. The van der Waals surface area contributed by atoms with E-state index in [0.717, 1.165) is 12.2 Å². The van der Waals surface area contributed by atoms with Crippen molar-refractivity contribution in [1.82, 2.24) is 0 Å². The summed E-state index contributed by atoms with van der Waals surface area (Å²) in [5.74, 6) is 0.876. The molecule has 2 aromatic rings. The Bertz CT molecular complexity index is 546. The first kappa shape index (κ1) is 14.0. The molecular formula is C17H19ClO. The smallest absolute Gasteiger partial charge is 0.118 e. The average Bonchev–Trinajstić information content (AvgIpc) is 2.42. The number of rotatable bonds is 4. The van der Waals surface area contributed by atoms with Crippen LogP contribution in [-0.4, -0.2) is 7.11 Å². The van der Waals surface area contributed by atoms with Crippen LogP contribution in [0.1, 0.15) is 27.6 Å². The Labute approximate surface area is 120 Å². The maximum absolute atomic E-state index is 6.56. The fraction of sp³-hybridized carbons (Fsp3) is 0.294. The van der Waals surface area contributed by atoms with Gasteiger partial charge < -0.3 is 4.74 Å². The van der Waals surface area contributed by atoms with Crippen molar-refractivity contribution in [3.8, 4) is 5.75 Å². The lowest BCUT2D eigenvalue weighted by Gasteiger charge is -2.14. The first-order chi connectivity index (χ1) is 9.10. The lowest BCUT2D eigenvalue weighted by Crippen LogP contribution is -1.99. The van der Waals surface area contributed by atoms with Gasteiger partial charge in [0.25, 0.3) is 0 Å². The predicted octanol–water partition coefficient (Wildman–Crippen LogP) is 4.83. The Balaban J connectivity index is 2.15. The fourth-order valence-corrected chi connectivity index (χ4v) is 2.59. The molecule has 0 saturated heterocycles. The summed E-state index contributed by atoms with van der Waals surface area (Å²) in [5.41, 5.74) is 4.94. The van der Waals surface area contributed by atoms with Gasteiger partial charge in [-0.3, -0.25) is 0 Å². The molecule has 0 fully saturated rings. The molecule has 1 nitrogen and oxygen atoms in total. The second-order valence-corrected chi connectivity index (χ2v) is 5.41. The summed E-state index contributed by atoms with van der Waals surface area (Å²) in [4.78, 5) is 0. The second kappa shape index (κ2) is 6.12. The lowest BCUT2D eigenvalue weighted by molar-refractivity contribution is 0.414. The van der Waals surface area contributed by atoms with E-state index in [4.69, 9.17) is 16.3 Å². The Hall–Kier alpha value is -1.47. The van der Waals surface area contributed by atoms with Crippen molar-refractivity contribution in [2.45, 2.75) is 25.6 Å². The highest BCUT2D eigenvalue weighted by atomic mass is 35.5. The van der Waals surface area contributed by atoms with Crippen LogP contribution in [-0.2, 0) is 6.42 Å². The Morgan fingerprint density at radius 1 is 1.05 bits per heavy atom. The number of halogens is 1. The zero-order valence-electron chi connectivity index (χ0n) is 11.6. The third-order valence-corrected chi connectivity index (χ3v) is 3.74. The fourth-order valence-electron chi connectivity index (χ4n) is 2.18. The molecule has 0 radical (unpaired) electrons. The topological polar surface area (TPSA) is 9.23 Å². The number of methoxy groups -OCH3 is 1. The van der Waals surface area contributed by atoms with Gasteiger partial charge in [-0.2, -0.15) is 0 Å². The molecule has 0 aromatic heterocycles. The van der Waals surface area contributed by atoms with Crippen LogP contribution in [0.4, 0.5) is 0 Å². The molecule has 1 atom stereocenters. The van der Waals surface area contributed by atoms with Gasteiger partial charge in [0.2, 0.25) is 0 Å². The van der Waals surface area contributed by atoms with Crippen molar-refractivity contribution in [2.24, 2.45) is 0 Å². The highest BCUT2D eigenvalue weighted by molar-refractivity contribution is 6.21. The lowest BCUT2D eigenvalue weighted by atomic mass is 9.98. The van der Waals surface area contributed by atoms with Gasteiger partial charge in [-0.05, 0) is 49.1 Å². The largest absolute Gasteiger partial charge is 0.497 e. The third-order valence-electron chi connectivity index (χ3n) is 3.35. The number of alkyl halides is 1. The molecule has 19 heavy (non-hydrogen) atoms. The van der Waals surface area contributed by atoms with Gasteiger partial charge >= 0.3 is 0 Å². The molecule has 0 N–H and O–H groups in total. The first-order valence-electron chi connectivity index (χ1n) is 6.44. The predicted molar refractivity (Wildman–Crippen MR) is 81.2 cm³/mol. The number of hydrogen-bond acceptors (Lipinski definition) is 1. The minimum Gasteiger partial charge on any atom is -0.497 e. The van der Waals surface area contributed by atoms with Crippen LogP contribution < -0.4 is 4.74 Å². The summed E-state index contributed by atoms with van der Waals surface area (Å²) in [6, 6.07) is 14.5. The summed E-state index contributed by atoms with van der Waals surface area (Å²) in [5, 5.41) is 0.00768. The van der Waals surface area contributed by atoms with Gasteiger partial charge in [-0.25, -0.2) is 0 Å². The minimum absolute atomic E-state index is 0.00768. The van der Waals surface area contributed by atoms with E-state index in [0.29, 0.717) is 0 Å². The van der Waals surface area contributed by atoms with Crippen LogP contribution in [0, 0.1) is 13.8 Å². The van der Waals surface area contributed by atoms with E-state index in [2.05, 4.69) is 44.2 Å². The molecule has 0 amide bonds. The molecule has 1 unspecified atom stereocenters. The van der Waals surface area contributed by atoms with E-state index in [1.54, 1.807) is 7.11 Å². The van der Waals surface area contributed by atoms with E-state index in [1.165, 1.54) is 22.3 Å². The summed E-state index contributed by atoms with van der Waals surface area (Å²) < 4.78 is 5.16. The standard InChI is InChI=1S/C17H19ClO/c1-12-4-5-13(2)16(10-12)17(18)11-14-6-8-15(19-3)9-7-14/h4-10,17H,11H2,1-3H3. The Morgan fingerprint density at radius 2 is 1.74 bits per heavy atom. The summed E-state index contributed by atoms with van der Waals surface area (Å²) >= 11 is 6.56. The molecule has 2 rings (SSSR count). The highest BCUT2D eigenvalue weighted by Crippen LogP contribution is 2.29. The molecule has 0 aliphatic heterocycles. The van der Waals surface area contributed by atoms with Crippen molar-refractivity contribution in [2.75, 3.05) is 7.11 Å². The number of ether oxygens (including phenoxy) is 1. The van der Waals surface area contributed by atoms with E-state index in [-0.39, 0.29) is 5.38 Å². The summed E-state index contributed by atoms with van der Waals surface area (Å²) in [6.07, 6.45) is 0.829. The van der Waals surface area contributed by atoms with Crippen molar-refractivity contribution in [1.29, 1.82) is 0 Å².